The molecular formula is C13H24N2O4. The molecule has 1 fully saturated rings. The van der Waals surface area contributed by atoms with Crippen LogP contribution in [-0.4, -0.2) is 62.3 Å². The minimum atomic E-state index is -0.325. The number of esters is 1. The first kappa shape index (κ1) is 15.9. The van der Waals surface area contributed by atoms with Crippen molar-refractivity contribution in [3.05, 3.63) is 0 Å². The van der Waals surface area contributed by atoms with E-state index in [1.54, 1.807) is 14.0 Å². The van der Waals surface area contributed by atoms with Gasteiger partial charge in [-0.1, -0.05) is 0 Å². The van der Waals surface area contributed by atoms with Gasteiger partial charge in [-0.15, -0.1) is 0 Å². The van der Waals surface area contributed by atoms with E-state index in [4.69, 9.17) is 9.47 Å². The summed E-state index contributed by atoms with van der Waals surface area (Å²) < 4.78 is 9.83. The lowest BCUT2D eigenvalue weighted by molar-refractivity contribution is -0.145. The van der Waals surface area contributed by atoms with Gasteiger partial charge in [0, 0.05) is 19.7 Å². The molecule has 0 spiro atoms. The fourth-order valence-electron chi connectivity index (χ4n) is 1.92. The summed E-state index contributed by atoms with van der Waals surface area (Å²) in [6, 6.07) is 0.00124. The summed E-state index contributed by atoms with van der Waals surface area (Å²) >= 11 is 0. The quantitative estimate of drug-likeness (QED) is 0.478. The molecule has 1 amide bonds. The Bertz CT molecular complexity index is 305. The first-order valence-electron chi connectivity index (χ1n) is 6.78. The number of nitrogens with one attached hydrogen (secondary N) is 1. The summed E-state index contributed by atoms with van der Waals surface area (Å²) in [5.74, 6) is -0.348. The van der Waals surface area contributed by atoms with Crippen LogP contribution in [0.1, 0.15) is 26.7 Å². The number of carbonyl (C=O) groups excluding carboxylic acids is 2. The van der Waals surface area contributed by atoms with Crippen LogP contribution in [0.4, 0.5) is 0 Å². The Morgan fingerprint density at radius 3 is 2.63 bits per heavy atom. The Kier molecular flexibility index (Phi) is 6.80. The van der Waals surface area contributed by atoms with Gasteiger partial charge in [-0.25, -0.2) is 0 Å². The van der Waals surface area contributed by atoms with Crippen molar-refractivity contribution in [3.8, 4) is 0 Å². The molecule has 0 aliphatic heterocycles. The highest BCUT2D eigenvalue weighted by Gasteiger charge is 2.36. The number of hydrogen-bond donors (Lipinski definition) is 1. The minimum Gasteiger partial charge on any atom is -0.465 e. The molecule has 110 valence electrons. The predicted molar refractivity (Wildman–Crippen MR) is 70.7 cm³/mol. The van der Waals surface area contributed by atoms with Crippen molar-refractivity contribution >= 4 is 11.9 Å². The number of rotatable bonds is 9. The molecule has 1 aliphatic carbocycles. The summed E-state index contributed by atoms with van der Waals surface area (Å²) in [6.45, 7) is 5.11. The van der Waals surface area contributed by atoms with Gasteiger partial charge < -0.3 is 14.8 Å². The van der Waals surface area contributed by atoms with E-state index in [0.717, 1.165) is 12.8 Å². The van der Waals surface area contributed by atoms with Gasteiger partial charge >= 0.3 is 5.97 Å². The van der Waals surface area contributed by atoms with E-state index in [1.165, 1.54) is 0 Å². The number of carbonyl (C=O) groups is 2. The van der Waals surface area contributed by atoms with Crippen LogP contribution in [-0.2, 0) is 19.1 Å². The third-order valence-electron chi connectivity index (χ3n) is 3.12. The topological polar surface area (TPSA) is 67.9 Å². The van der Waals surface area contributed by atoms with Crippen LogP contribution in [0.25, 0.3) is 0 Å². The summed E-state index contributed by atoms with van der Waals surface area (Å²) in [4.78, 5) is 25.4. The maximum absolute atomic E-state index is 12.0. The van der Waals surface area contributed by atoms with Gasteiger partial charge in [-0.3, -0.25) is 14.5 Å². The fraction of sp³-hybridized carbons (Fsp3) is 0.846. The normalized spacial score (nSPS) is 16.2. The second kappa shape index (κ2) is 8.12. The van der Waals surface area contributed by atoms with Gasteiger partial charge in [0.05, 0.1) is 25.8 Å². The van der Waals surface area contributed by atoms with Crippen LogP contribution in [0.3, 0.4) is 0 Å². The van der Waals surface area contributed by atoms with Crippen molar-refractivity contribution in [1.29, 1.82) is 0 Å². The summed E-state index contributed by atoms with van der Waals surface area (Å²) in [7, 11) is 1.59. The van der Waals surface area contributed by atoms with Gasteiger partial charge in [-0.05, 0) is 26.7 Å². The standard InChI is InChI=1S/C13H24N2O4/c1-4-19-12(16)9-15(11-5-6-11)10(2)13(17)14-7-8-18-3/h10-11H,4-9H2,1-3H3,(H,14,17). The predicted octanol–water partition coefficient (Wildman–Crippen LogP) is 0.165. The molecule has 0 bridgehead atoms. The Morgan fingerprint density at radius 2 is 2.11 bits per heavy atom. The number of nitrogens with zero attached hydrogens (tertiary/aromatic N) is 1. The van der Waals surface area contributed by atoms with Crippen molar-refractivity contribution in [2.45, 2.75) is 38.8 Å². The minimum absolute atomic E-state index is 0.0757. The second-order valence-electron chi connectivity index (χ2n) is 4.67. The van der Waals surface area contributed by atoms with Gasteiger partial charge in [0.25, 0.3) is 0 Å². The van der Waals surface area contributed by atoms with Crippen LogP contribution in [0.2, 0.25) is 0 Å². The van der Waals surface area contributed by atoms with E-state index < -0.39 is 0 Å². The van der Waals surface area contributed by atoms with Crippen LogP contribution < -0.4 is 5.32 Å². The van der Waals surface area contributed by atoms with E-state index in [9.17, 15) is 9.59 Å². The second-order valence-corrected chi connectivity index (χ2v) is 4.67. The molecule has 0 aromatic rings. The number of hydrogen-bond acceptors (Lipinski definition) is 5. The molecular weight excluding hydrogens is 248 g/mol. The van der Waals surface area contributed by atoms with E-state index in [0.29, 0.717) is 25.8 Å². The van der Waals surface area contributed by atoms with Crippen LogP contribution in [0.5, 0.6) is 0 Å². The molecule has 1 atom stereocenters. The maximum atomic E-state index is 12.0. The molecule has 0 radical (unpaired) electrons. The zero-order valence-electron chi connectivity index (χ0n) is 12.0. The Balaban J connectivity index is 2.45. The van der Waals surface area contributed by atoms with Gasteiger partial charge in [0.1, 0.15) is 0 Å². The first-order chi connectivity index (χ1) is 9.10. The lowest BCUT2D eigenvalue weighted by Gasteiger charge is -2.27. The molecule has 6 nitrogen and oxygen atoms in total. The third-order valence-corrected chi connectivity index (χ3v) is 3.12. The van der Waals surface area contributed by atoms with E-state index >= 15 is 0 Å². The van der Waals surface area contributed by atoms with Gasteiger partial charge in [0.15, 0.2) is 0 Å². The van der Waals surface area contributed by atoms with Crippen molar-refractivity contribution in [3.63, 3.8) is 0 Å². The molecule has 1 rings (SSSR count). The molecule has 1 saturated carbocycles. The van der Waals surface area contributed by atoms with E-state index in [2.05, 4.69) is 5.32 Å². The lowest BCUT2D eigenvalue weighted by Crippen LogP contribution is -2.48. The first-order valence-corrected chi connectivity index (χ1v) is 6.78. The molecule has 0 heterocycles. The highest BCUT2D eigenvalue weighted by atomic mass is 16.5. The summed E-state index contributed by atoms with van der Waals surface area (Å²) in [5, 5.41) is 2.79. The average molecular weight is 272 g/mol. The molecule has 0 saturated heterocycles. The summed E-state index contributed by atoms with van der Waals surface area (Å²) in [6.07, 6.45) is 2.07. The summed E-state index contributed by atoms with van der Waals surface area (Å²) in [5.41, 5.74) is 0. The van der Waals surface area contributed by atoms with E-state index in [-0.39, 0.29) is 24.5 Å². The monoisotopic (exact) mass is 272 g/mol. The van der Waals surface area contributed by atoms with Crippen molar-refractivity contribution in [2.24, 2.45) is 0 Å². The Labute approximate surface area is 114 Å². The molecule has 0 aromatic carbocycles. The fourth-order valence-corrected chi connectivity index (χ4v) is 1.92. The van der Waals surface area contributed by atoms with Gasteiger partial charge in [0.2, 0.25) is 5.91 Å². The molecule has 6 heteroatoms. The maximum Gasteiger partial charge on any atom is 0.320 e. The van der Waals surface area contributed by atoms with Crippen molar-refractivity contribution < 1.29 is 19.1 Å². The highest BCUT2D eigenvalue weighted by Crippen LogP contribution is 2.28. The van der Waals surface area contributed by atoms with Crippen LogP contribution in [0, 0.1) is 0 Å². The van der Waals surface area contributed by atoms with E-state index in [1.807, 2.05) is 11.8 Å². The molecule has 19 heavy (non-hydrogen) atoms. The number of methoxy groups -OCH3 is 1. The van der Waals surface area contributed by atoms with Crippen molar-refractivity contribution in [2.75, 3.05) is 33.4 Å². The zero-order chi connectivity index (χ0) is 14.3. The average Bonchev–Trinajstić information content (AvgIpc) is 3.20. The number of ether oxygens (including phenoxy) is 2. The van der Waals surface area contributed by atoms with Crippen LogP contribution in [0.15, 0.2) is 0 Å². The van der Waals surface area contributed by atoms with Gasteiger partial charge in [-0.2, -0.15) is 0 Å². The lowest BCUT2D eigenvalue weighted by atomic mass is 10.2. The molecule has 1 unspecified atom stereocenters. The van der Waals surface area contributed by atoms with Crippen molar-refractivity contribution in [1.82, 2.24) is 10.2 Å². The molecule has 1 N–H and O–H groups in total. The Morgan fingerprint density at radius 1 is 1.42 bits per heavy atom. The highest BCUT2D eigenvalue weighted by molar-refractivity contribution is 5.82. The Hall–Kier alpha value is -1.14. The SMILES string of the molecule is CCOC(=O)CN(C1CC1)C(C)C(=O)NCCOC. The molecule has 0 aromatic heterocycles. The number of amides is 1. The zero-order valence-corrected chi connectivity index (χ0v) is 12.0. The smallest absolute Gasteiger partial charge is 0.320 e. The van der Waals surface area contributed by atoms with Crippen LogP contribution >= 0.6 is 0 Å². The largest absolute Gasteiger partial charge is 0.465 e. The molecule has 1 aliphatic rings. The third kappa shape index (κ3) is 5.57.